The highest BCUT2D eigenvalue weighted by molar-refractivity contribution is 14.0. The van der Waals surface area contributed by atoms with Crippen LogP contribution in [0, 0.1) is 0 Å². The minimum atomic E-state index is 0. The molecule has 1 aromatic heterocycles. The van der Waals surface area contributed by atoms with E-state index in [0.29, 0.717) is 6.54 Å². The minimum absolute atomic E-state index is 0. The zero-order valence-corrected chi connectivity index (χ0v) is 17.4. The van der Waals surface area contributed by atoms with Crippen LogP contribution in [0.3, 0.4) is 0 Å². The molecule has 0 fully saturated rings. The Balaban J connectivity index is 0.00000288. The number of nitrogens with zero attached hydrogens (tertiary/aromatic N) is 3. The highest BCUT2D eigenvalue weighted by Gasteiger charge is 2.00. The number of thioether (sulfide) groups is 1. The topological polar surface area (TPSA) is 54.2 Å². The van der Waals surface area contributed by atoms with Gasteiger partial charge in [-0.3, -0.25) is 4.68 Å². The third kappa shape index (κ3) is 7.57. The van der Waals surface area contributed by atoms with Gasteiger partial charge in [-0.25, -0.2) is 4.99 Å². The predicted molar refractivity (Wildman–Crippen MR) is 113 cm³/mol. The van der Waals surface area contributed by atoms with Gasteiger partial charge in [0.05, 0.1) is 12.2 Å². The molecule has 0 bridgehead atoms. The fourth-order valence-corrected chi connectivity index (χ4v) is 2.92. The van der Waals surface area contributed by atoms with Crippen molar-refractivity contribution in [3.8, 4) is 0 Å². The zero-order valence-electron chi connectivity index (χ0n) is 14.2. The van der Waals surface area contributed by atoms with Crippen LogP contribution in [0.25, 0.3) is 0 Å². The molecule has 0 unspecified atom stereocenters. The van der Waals surface area contributed by atoms with Crippen molar-refractivity contribution in [3.05, 3.63) is 48.3 Å². The van der Waals surface area contributed by atoms with Crippen molar-refractivity contribution in [1.29, 1.82) is 0 Å². The molecule has 24 heavy (non-hydrogen) atoms. The Morgan fingerprint density at radius 1 is 1.21 bits per heavy atom. The Bertz CT molecular complexity index is 600. The van der Waals surface area contributed by atoms with Gasteiger partial charge in [-0.1, -0.05) is 18.2 Å². The Hall–Kier alpha value is -1.22. The highest BCUT2D eigenvalue weighted by Crippen LogP contribution is 2.17. The SMILES string of the molecule is CCNC(=NCc1ccnn1C)NCCCSc1ccccc1.I. The van der Waals surface area contributed by atoms with Crippen LogP contribution < -0.4 is 10.6 Å². The fraction of sp³-hybridized carbons (Fsp3) is 0.412. The molecule has 0 saturated carbocycles. The first kappa shape index (κ1) is 20.8. The Kier molecular flexibility index (Phi) is 10.6. The molecule has 7 heteroatoms. The van der Waals surface area contributed by atoms with Crippen molar-refractivity contribution in [2.45, 2.75) is 24.8 Å². The molecule has 1 heterocycles. The van der Waals surface area contributed by atoms with Crippen molar-refractivity contribution in [1.82, 2.24) is 20.4 Å². The third-order valence-electron chi connectivity index (χ3n) is 3.29. The van der Waals surface area contributed by atoms with Crippen LogP contribution in [-0.2, 0) is 13.6 Å². The lowest BCUT2D eigenvalue weighted by atomic mass is 10.4. The van der Waals surface area contributed by atoms with Crippen LogP contribution in [0.4, 0.5) is 0 Å². The van der Waals surface area contributed by atoms with Gasteiger partial charge in [0.15, 0.2) is 5.96 Å². The summed E-state index contributed by atoms with van der Waals surface area (Å²) in [5.41, 5.74) is 1.10. The summed E-state index contributed by atoms with van der Waals surface area (Å²) in [4.78, 5) is 5.92. The molecule has 2 rings (SSSR count). The molecule has 0 aliphatic heterocycles. The van der Waals surface area contributed by atoms with E-state index in [2.05, 4.69) is 51.9 Å². The van der Waals surface area contributed by atoms with Crippen LogP contribution in [-0.4, -0.2) is 34.6 Å². The molecule has 0 atom stereocenters. The van der Waals surface area contributed by atoms with E-state index in [1.165, 1.54) is 4.90 Å². The molecule has 2 aromatic rings. The van der Waals surface area contributed by atoms with Crippen LogP contribution in [0.2, 0.25) is 0 Å². The normalized spacial score (nSPS) is 11.0. The van der Waals surface area contributed by atoms with E-state index in [4.69, 9.17) is 0 Å². The maximum Gasteiger partial charge on any atom is 0.191 e. The minimum Gasteiger partial charge on any atom is -0.357 e. The Morgan fingerprint density at radius 3 is 2.67 bits per heavy atom. The van der Waals surface area contributed by atoms with Crippen molar-refractivity contribution < 1.29 is 0 Å². The van der Waals surface area contributed by atoms with Crippen molar-refractivity contribution in [2.75, 3.05) is 18.8 Å². The molecule has 5 nitrogen and oxygen atoms in total. The van der Waals surface area contributed by atoms with Crippen molar-refractivity contribution in [2.24, 2.45) is 12.0 Å². The maximum atomic E-state index is 4.60. The summed E-state index contributed by atoms with van der Waals surface area (Å²) in [6, 6.07) is 12.5. The average molecular weight is 459 g/mol. The molecule has 0 aliphatic carbocycles. The number of aromatic nitrogens is 2. The zero-order chi connectivity index (χ0) is 16.3. The maximum absolute atomic E-state index is 4.60. The lowest BCUT2D eigenvalue weighted by molar-refractivity contribution is 0.706. The van der Waals surface area contributed by atoms with Gasteiger partial charge in [0, 0.05) is 31.2 Å². The second kappa shape index (κ2) is 12.2. The molecule has 0 aliphatic rings. The molecule has 0 spiro atoms. The Labute approximate surface area is 165 Å². The van der Waals surface area contributed by atoms with E-state index >= 15 is 0 Å². The second-order valence-corrected chi connectivity index (χ2v) is 6.25. The van der Waals surface area contributed by atoms with Crippen LogP contribution in [0.5, 0.6) is 0 Å². The first-order valence-electron chi connectivity index (χ1n) is 7.96. The molecule has 0 radical (unpaired) electrons. The second-order valence-electron chi connectivity index (χ2n) is 5.08. The van der Waals surface area contributed by atoms with Gasteiger partial charge >= 0.3 is 0 Å². The summed E-state index contributed by atoms with van der Waals surface area (Å²) in [5.74, 6) is 1.96. The number of hydrogen-bond acceptors (Lipinski definition) is 3. The van der Waals surface area contributed by atoms with E-state index in [9.17, 15) is 0 Å². The number of guanidine groups is 1. The highest BCUT2D eigenvalue weighted by atomic mass is 127. The first-order valence-corrected chi connectivity index (χ1v) is 8.95. The number of rotatable bonds is 8. The summed E-state index contributed by atoms with van der Waals surface area (Å²) in [6.07, 6.45) is 2.89. The van der Waals surface area contributed by atoms with E-state index < -0.39 is 0 Å². The fourth-order valence-electron chi connectivity index (χ4n) is 2.04. The molecule has 1 aromatic carbocycles. The van der Waals surface area contributed by atoms with Gasteiger partial charge in [0.25, 0.3) is 0 Å². The number of halogens is 1. The first-order chi connectivity index (χ1) is 11.3. The van der Waals surface area contributed by atoms with Gasteiger partial charge in [0.1, 0.15) is 0 Å². The number of aryl methyl sites for hydroxylation is 1. The number of hydrogen-bond donors (Lipinski definition) is 2. The van der Waals surface area contributed by atoms with Crippen molar-refractivity contribution >= 4 is 41.7 Å². The van der Waals surface area contributed by atoms with Gasteiger partial charge in [-0.2, -0.15) is 5.10 Å². The molecule has 2 N–H and O–H groups in total. The quantitative estimate of drug-likeness (QED) is 0.209. The largest absolute Gasteiger partial charge is 0.357 e. The van der Waals surface area contributed by atoms with E-state index in [1.54, 1.807) is 6.20 Å². The monoisotopic (exact) mass is 459 g/mol. The average Bonchev–Trinajstić information content (AvgIpc) is 2.98. The molecule has 0 saturated heterocycles. The van der Waals surface area contributed by atoms with E-state index in [0.717, 1.165) is 36.9 Å². The van der Waals surface area contributed by atoms with Gasteiger partial charge in [0.2, 0.25) is 0 Å². The number of benzene rings is 1. The number of nitrogens with one attached hydrogen (secondary N) is 2. The molecular formula is C17H26IN5S. The molecule has 0 amide bonds. The van der Waals surface area contributed by atoms with Crippen LogP contribution >= 0.6 is 35.7 Å². The van der Waals surface area contributed by atoms with Gasteiger partial charge in [-0.15, -0.1) is 35.7 Å². The van der Waals surface area contributed by atoms with Gasteiger partial charge in [-0.05, 0) is 37.3 Å². The summed E-state index contributed by atoms with van der Waals surface area (Å²) >= 11 is 1.89. The third-order valence-corrected chi connectivity index (χ3v) is 4.39. The summed E-state index contributed by atoms with van der Waals surface area (Å²) in [7, 11) is 1.94. The summed E-state index contributed by atoms with van der Waals surface area (Å²) < 4.78 is 1.85. The summed E-state index contributed by atoms with van der Waals surface area (Å²) in [6.45, 7) is 4.48. The standard InChI is InChI=1S/C17H25N5S.HI/c1-3-18-17(20-14-15-10-12-21-22(15)2)19-11-7-13-23-16-8-5-4-6-9-16;/h4-6,8-10,12H,3,7,11,13-14H2,1-2H3,(H2,18,19,20);1H. The van der Waals surface area contributed by atoms with Gasteiger partial charge < -0.3 is 10.6 Å². The lowest BCUT2D eigenvalue weighted by Crippen LogP contribution is -2.37. The van der Waals surface area contributed by atoms with Crippen molar-refractivity contribution in [3.63, 3.8) is 0 Å². The van der Waals surface area contributed by atoms with Crippen LogP contribution in [0.15, 0.2) is 52.5 Å². The van der Waals surface area contributed by atoms with Crippen LogP contribution in [0.1, 0.15) is 19.0 Å². The predicted octanol–water partition coefficient (Wildman–Crippen LogP) is 3.28. The summed E-state index contributed by atoms with van der Waals surface area (Å²) in [5, 5.41) is 10.8. The number of aliphatic imine (C=N–C) groups is 1. The molecule has 132 valence electrons. The molecular weight excluding hydrogens is 433 g/mol. The smallest absolute Gasteiger partial charge is 0.191 e. The Morgan fingerprint density at radius 2 is 2.00 bits per heavy atom. The van der Waals surface area contributed by atoms with E-state index in [1.807, 2.05) is 35.6 Å². The lowest BCUT2D eigenvalue weighted by Gasteiger charge is -2.11. The van der Waals surface area contributed by atoms with E-state index in [-0.39, 0.29) is 24.0 Å².